The summed E-state index contributed by atoms with van der Waals surface area (Å²) >= 11 is 0. The van der Waals surface area contributed by atoms with Crippen LogP contribution in [0.1, 0.15) is 37.9 Å². The minimum absolute atomic E-state index is 0.358. The largest absolute Gasteiger partial charge is 0.444 e. The van der Waals surface area contributed by atoms with Crippen molar-refractivity contribution in [1.82, 2.24) is 10.6 Å². The molecule has 1 amide bonds. The highest BCUT2D eigenvalue weighted by atomic mass is 16.6. The first-order chi connectivity index (χ1) is 8.96. The number of amides is 1. The monoisotopic (exact) mass is 262 g/mol. The molecule has 0 aliphatic heterocycles. The van der Waals surface area contributed by atoms with Gasteiger partial charge in [-0.1, -0.05) is 24.3 Å². The summed E-state index contributed by atoms with van der Waals surface area (Å²) in [4.78, 5) is 11.4. The number of alkyl carbamates (subject to hydrolysis) is 1. The molecule has 0 fully saturated rings. The number of nitrogens with one attached hydrogen (secondary N) is 2. The molecule has 4 nitrogen and oxygen atoms in total. The van der Waals surface area contributed by atoms with Crippen LogP contribution in [0.4, 0.5) is 4.79 Å². The van der Waals surface area contributed by atoms with Crippen LogP contribution in [0.3, 0.4) is 0 Å². The van der Waals surface area contributed by atoms with Crippen molar-refractivity contribution in [3.63, 3.8) is 0 Å². The van der Waals surface area contributed by atoms with Gasteiger partial charge in [0.2, 0.25) is 0 Å². The zero-order chi connectivity index (χ0) is 13.9. The van der Waals surface area contributed by atoms with Crippen LogP contribution >= 0.6 is 0 Å². The maximum atomic E-state index is 11.4. The molecule has 0 heterocycles. The fourth-order valence-electron chi connectivity index (χ4n) is 2.17. The highest BCUT2D eigenvalue weighted by molar-refractivity contribution is 5.67. The zero-order valence-corrected chi connectivity index (χ0v) is 11.8. The fourth-order valence-corrected chi connectivity index (χ4v) is 2.17. The van der Waals surface area contributed by atoms with E-state index in [1.54, 1.807) is 0 Å². The molecule has 1 unspecified atom stereocenters. The smallest absolute Gasteiger partial charge is 0.407 e. The normalized spacial score (nSPS) is 17.3. The van der Waals surface area contributed by atoms with E-state index in [1.165, 1.54) is 11.1 Å². The van der Waals surface area contributed by atoms with Crippen LogP contribution in [0.15, 0.2) is 24.3 Å². The van der Waals surface area contributed by atoms with Gasteiger partial charge in [-0.3, -0.25) is 0 Å². The Hall–Kier alpha value is -1.55. The molecule has 0 saturated carbocycles. The van der Waals surface area contributed by atoms with Gasteiger partial charge in [0.25, 0.3) is 0 Å². The highest BCUT2D eigenvalue weighted by Gasteiger charge is 2.24. The molecule has 1 aromatic carbocycles. The molecule has 0 saturated heterocycles. The van der Waals surface area contributed by atoms with E-state index in [1.807, 2.05) is 20.8 Å². The molecule has 2 N–H and O–H groups in total. The molecule has 0 aromatic heterocycles. The standard InChI is InChI=1S/C15H22N2O2/c1-15(2,3)19-14(18)17-9-8-16-13-10-11-6-4-5-7-12(11)13/h4-7,13,16H,8-10H2,1-3H3,(H,17,18). The minimum Gasteiger partial charge on any atom is -0.444 e. The molecule has 104 valence electrons. The average Bonchev–Trinajstić information content (AvgIpc) is 2.27. The molecule has 0 radical (unpaired) electrons. The summed E-state index contributed by atoms with van der Waals surface area (Å²) in [6, 6.07) is 8.87. The lowest BCUT2D eigenvalue weighted by atomic mass is 9.83. The van der Waals surface area contributed by atoms with Crippen LogP contribution in [-0.4, -0.2) is 24.8 Å². The van der Waals surface area contributed by atoms with Gasteiger partial charge in [0, 0.05) is 19.1 Å². The van der Waals surface area contributed by atoms with Gasteiger partial charge >= 0.3 is 6.09 Å². The van der Waals surface area contributed by atoms with Crippen LogP contribution in [-0.2, 0) is 11.2 Å². The predicted molar refractivity (Wildman–Crippen MR) is 75.1 cm³/mol. The number of carbonyl (C=O) groups excluding carboxylic acids is 1. The molecule has 4 heteroatoms. The van der Waals surface area contributed by atoms with Gasteiger partial charge < -0.3 is 15.4 Å². The van der Waals surface area contributed by atoms with Crippen LogP contribution in [0.5, 0.6) is 0 Å². The summed E-state index contributed by atoms with van der Waals surface area (Å²) in [5.74, 6) is 0. The Morgan fingerprint density at radius 2 is 2.05 bits per heavy atom. The van der Waals surface area contributed by atoms with E-state index in [4.69, 9.17) is 4.74 Å². The molecule has 0 spiro atoms. The number of fused-ring (bicyclic) bond motifs is 1. The minimum atomic E-state index is -0.440. The first-order valence-electron chi connectivity index (χ1n) is 6.74. The molecule has 2 rings (SSSR count). The van der Waals surface area contributed by atoms with Crippen LogP contribution in [0.25, 0.3) is 0 Å². The van der Waals surface area contributed by atoms with Gasteiger partial charge in [-0.25, -0.2) is 4.79 Å². The molecular weight excluding hydrogens is 240 g/mol. The number of carbonyl (C=O) groups is 1. The Labute approximate surface area is 114 Å². The summed E-state index contributed by atoms with van der Waals surface area (Å²) in [6.07, 6.45) is 0.714. The third kappa shape index (κ3) is 3.96. The van der Waals surface area contributed by atoms with E-state index in [2.05, 4.69) is 34.9 Å². The SMILES string of the molecule is CC(C)(C)OC(=O)NCCNC1Cc2ccccc21. The average molecular weight is 262 g/mol. The van der Waals surface area contributed by atoms with E-state index >= 15 is 0 Å². The van der Waals surface area contributed by atoms with Gasteiger partial charge in [-0.2, -0.15) is 0 Å². The Bertz CT molecular complexity index is 452. The number of rotatable bonds is 4. The van der Waals surface area contributed by atoms with Crippen molar-refractivity contribution in [2.45, 2.75) is 38.8 Å². The van der Waals surface area contributed by atoms with Gasteiger partial charge in [0.05, 0.1) is 0 Å². The van der Waals surface area contributed by atoms with Crippen molar-refractivity contribution in [2.75, 3.05) is 13.1 Å². The molecule has 0 bridgehead atoms. The number of hydrogen-bond acceptors (Lipinski definition) is 3. The van der Waals surface area contributed by atoms with E-state index in [-0.39, 0.29) is 6.09 Å². The van der Waals surface area contributed by atoms with Crippen LogP contribution in [0, 0.1) is 0 Å². The van der Waals surface area contributed by atoms with E-state index in [0.29, 0.717) is 12.6 Å². The van der Waals surface area contributed by atoms with Crippen LogP contribution < -0.4 is 10.6 Å². The quantitative estimate of drug-likeness (QED) is 0.819. The van der Waals surface area contributed by atoms with E-state index in [0.717, 1.165) is 13.0 Å². The van der Waals surface area contributed by atoms with Crippen molar-refractivity contribution in [3.05, 3.63) is 35.4 Å². The summed E-state index contributed by atoms with van der Waals surface area (Å²) in [7, 11) is 0. The second-order valence-corrected chi connectivity index (χ2v) is 5.84. The van der Waals surface area contributed by atoms with Gasteiger partial charge in [0.1, 0.15) is 5.60 Å². The third-order valence-corrected chi connectivity index (χ3v) is 3.04. The molecule has 1 atom stereocenters. The van der Waals surface area contributed by atoms with Gasteiger partial charge in [-0.15, -0.1) is 0 Å². The van der Waals surface area contributed by atoms with Gasteiger partial charge in [0.15, 0.2) is 0 Å². The van der Waals surface area contributed by atoms with Crippen molar-refractivity contribution in [2.24, 2.45) is 0 Å². The van der Waals surface area contributed by atoms with Gasteiger partial charge in [-0.05, 0) is 38.3 Å². The number of hydrogen-bond donors (Lipinski definition) is 2. The molecular formula is C15H22N2O2. The maximum absolute atomic E-state index is 11.4. The molecule has 1 aliphatic carbocycles. The summed E-state index contributed by atoms with van der Waals surface area (Å²) in [5, 5.41) is 6.17. The molecule has 1 aliphatic rings. The van der Waals surface area contributed by atoms with E-state index in [9.17, 15) is 4.79 Å². The second kappa shape index (κ2) is 5.61. The summed E-state index contributed by atoms with van der Waals surface area (Å²) in [6.45, 7) is 6.90. The van der Waals surface area contributed by atoms with E-state index < -0.39 is 5.60 Å². The first-order valence-corrected chi connectivity index (χ1v) is 6.74. The highest BCUT2D eigenvalue weighted by Crippen LogP contribution is 2.32. The first kappa shape index (κ1) is 13.9. The predicted octanol–water partition coefficient (Wildman–Crippen LogP) is 2.40. The lowest BCUT2D eigenvalue weighted by molar-refractivity contribution is 0.0528. The zero-order valence-electron chi connectivity index (χ0n) is 11.8. The van der Waals surface area contributed by atoms with Crippen LogP contribution in [0.2, 0.25) is 0 Å². The third-order valence-electron chi connectivity index (χ3n) is 3.04. The summed E-state index contributed by atoms with van der Waals surface area (Å²) in [5.41, 5.74) is 2.35. The Kier molecular flexibility index (Phi) is 4.10. The molecule has 19 heavy (non-hydrogen) atoms. The number of benzene rings is 1. The van der Waals surface area contributed by atoms with Crippen molar-refractivity contribution >= 4 is 6.09 Å². The van der Waals surface area contributed by atoms with Crippen molar-refractivity contribution < 1.29 is 9.53 Å². The molecule has 1 aromatic rings. The number of ether oxygens (including phenoxy) is 1. The Morgan fingerprint density at radius 1 is 1.32 bits per heavy atom. The maximum Gasteiger partial charge on any atom is 0.407 e. The Balaban J connectivity index is 1.63. The van der Waals surface area contributed by atoms with Crippen molar-refractivity contribution in [3.8, 4) is 0 Å². The lowest BCUT2D eigenvalue weighted by Gasteiger charge is -2.31. The fraction of sp³-hybridized carbons (Fsp3) is 0.533. The Morgan fingerprint density at radius 3 is 2.74 bits per heavy atom. The second-order valence-electron chi connectivity index (χ2n) is 5.84. The lowest BCUT2D eigenvalue weighted by Crippen LogP contribution is -2.39. The topological polar surface area (TPSA) is 50.4 Å². The van der Waals surface area contributed by atoms with Crippen molar-refractivity contribution in [1.29, 1.82) is 0 Å². The summed E-state index contributed by atoms with van der Waals surface area (Å²) < 4.78 is 5.16.